The number of likely N-dealkylation sites (tertiary alicyclic amines) is 1. The Morgan fingerprint density at radius 3 is 2.52 bits per heavy atom. The Bertz CT molecular complexity index is 931. The molecule has 0 saturated carbocycles. The molecule has 2 aliphatic rings. The van der Waals surface area contributed by atoms with Gasteiger partial charge in [0.25, 0.3) is 5.91 Å². The molecular weight excluding hydrogens is 397 g/mol. The SMILES string of the molecule is Cc1cc(C2CC(C(=O)NN3CCOCC3)CN(C(=O)c3ccccc3)C2)ccc1F. The lowest BCUT2D eigenvalue weighted by Crippen LogP contribution is -2.54. The first-order valence-corrected chi connectivity index (χ1v) is 10.7. The normalized spacial score (nSPS) is 22.2. The van der Waals surface area contributed by atoms with Crippen LogP contribution in [0.2, 0.25) is 0 Å². The summed E-state index contributed by atoms with van der Waals surface area (Å²) in [7, 11) is 0. The zero-order valence-corrected chi connectivity index (χ0v) is 17.7. The number of nitrogens with zero attached hydrogens (tertiary/aromatic N) is 2. The summed E-state index contributed by atoms with van der Waals surface area (Å²) in [6.07, 6.45) is 0.611. The van der Waals surface area contributed by atoms with Crippen LogP contribution < -0.4 is 5.43 Å². The van der Waals surface area contributed by atoms with E-state index in [-0.39, 0.29) is 29.5 Å². The second-order valence-electron chi connectivity index (χ2n) is 8.29. The number of carbonyl (C=O) groups excluding carboxylic acids is 2. The number of piperidine rings is 1. The van der Waals surface area contributed by atoms with E-state index in [1.54, 1.807) is 30.0 Å². The maximum absolute atomic E-state index is 13.8. The summed E-state index contributed by atoms with van der Waals surface area (Å²) >= 11 is 0. The van der Waals surface area contributed by atoms with E-state index in [1.807, 2.05) is 29.3 Å². The molecule has 0 radical (unpaired) electrons. The van der Waals surface area contributed by atoms with Gasteiger partial charge in [0, 0.05) is 37.7 Å². The molecule has 31 heavy (non-hydrogen) atoms. The number of ether oxygens (including phenoxy) is 1. The first-order valence-electron chi connectivity index (χ1n) is 10.7. The molecule has 6 nitrogen and oxygen atoms in total. The molecule has 0 bridgehead atoms. The Hall–Kier alpha value is -2.77. The van der Waals surface area contributed by atoms with E-state index >= 15 is 0 Å². The Kier molecular flexibility index (Phi) is 6.63. The molecule has 0 aromatic heterocycles. The summed E-state index contributed by atoms with van der Waals surface area (Å²) in [5.41, 5.74) is 5.12. The minimum Gasteiger partial charge on any atom is -0.379 e. The number of benzene rings is 2. The molecule has 1 N–H and O–H groups in total. The van der Waals surface area contributed by atoms with E-state index < -0.39 is 0 Å². The maximum Gasteiger partial charge on any atom is 0.253 e. The van der Waals surface area contributed by atoms with Crippen LogP contribution in [0.3, 0.4) is 0 Å². The van der Waals surface area contributed by atoms with Crippen molar-refractivity contribution in [3.63, 3.8) is 0 Å². The topological polar surface area (TPSA) is 61.9 Å². The van der Waals surface area contributed by atoms with Crippen molar-refractivity contribution in [2.45, 2.75) is 19.3 Å². The van der Waals surface area contributed by atoms with Crippen molar-refractivity contribution in [1.82, 2.24) is 15.3 Å². The highest BCUT2D eigenvalue weighted by Crippen LogP contribution is 2.32. The number of amides is 2. The average molecular weight is 426 g/mol. The highest BCUT2D eigenvalue weighted by molar-refractivity contribution is 5.94. The van der Waals surface area contributed by atoms with Gasteiger partial charge in [-0.3, -0.25) is 15.0 Å². The Morgan fingerprint density at radius 2 is 1.81 bits per heavy atom. The summed E-state index contributed by atoms with van der Waals surface area (Å²) in [6, 6.07) is 14.2. The standard InChI is InChI=1S/C24H28FN3O3/c1-17-13-19(7-8-22(17)25)20-14-21(23(29)26-28-9-11-31-12-10-28)16-27(15-20)24(30)18-5-3-2-4-6-18/h2-8,13,20-21H,9-12,14-16H2,1H3,(H,26,29). The van der Waals surface area contributed by atoms with Crippen LogP contribution in [0.5, 0.6) is 0 Å². The fourth-order valence-corrected chi connectivity index (χ4v) is 4.30. The van der Waals surface area contributed by atoms with E-state index in [9.17, 15) is 14.0 Å². The van der Waals surface area contributed by atoms with Crippen LogP contribution in [-0.4, -0.2) is 61.1 Å². The Balaban J connectivity index is 1.56. The summed E-state index contributed by atoms with van der Waals surface area (Å²) in [5.74, 6) is -0.816. The van der Waals surface area contributed by atoms with Gasteiger partial charge in [0.15, 0.2) is 0 Å². The number of rotatable bonds is 4. The van der Waals surface area contributed by atoms with Crippen molar-refractivity contribution in [2.75, 3.05) is 39.4 Å². The molecule has 2 aliphatic heterocycles. The van der Waals surface area contributed by atoms with E-state index in [2.05, 4.69) is 5.43 Å². The molecule has 2 saturated heterocycles. The molecule has 4 rings (SSSR count). The van der Waals surface area contributed by atoms with Crippen LogP contribution in [0.4, 0.5) is 4.39 Å². The Labute approximate surface area is 181 Å². The number of morpholine rings is 1. The number of nitrogens with one attached hydrogen (secondary N) is 1. The van der Waals surface area contributed by atoms with Crippen molar-refractivity contribution in [3.8, 4) is 0 Å². The molecule has 0 spiro atoms. The number of carbonyl (C=O) groups is 2. The molecule has 2 amide bonds. The lowest BCUT2D eigenvalue weighted by Gasteiger charge is -2.38. The fourth-order valence-electron chi connectivity index (χ4n) is 4.30. The second kappa shape index (κ2) is 9.58. The smallest absolute Gasteiger partial charge is 0.253 e. The van der Waals surface area contributed by atoms with Crippen LogP contribution in [-0.2, 0) is 9.53 Å². The summed E-state index contributed by atoms with van der Waals surface area (Å²) in [4.78, 5) is 28.0. The molecule has 2 atom stereocenters. The van der Waals surface area contributed by atoms with Gasteiger partial charge in [-0.1, -0.05) is 30.3 Å². The number of aryl methyl sites for hydroxylation is 1. The molecule has 2 fully saturated rings. The molecule has 2 heterocycles. The monoisotopic (exact) mass is 425 g/mol. The largest absolute Gasteiger partial charge is 0.379 e. The first-order chi connectivity index (χ1) is 15.0. The highest BCUT2D eigenvalue weighted by Gasteiger charge is 2.35. The Morgan fingerprint density at radius 1 is 1.06 bits per heavy atom. The van der Waals surface area contributed by atoms with Crippen molar-refractivity contribution in [1.29, 1.82) is 0 Å². The predicted octanol–water partition coefficient (Wildman–Crippen LogP) is 2.74. The van der Waals surface area contributed by atoms with Gasteiger partial charge in [0.2, 0.25) is 5.91 Å². The maximum atomic E-state index is 13.8. The highest BCUT2D eigenvalue weighted by atomic mass is 19.1. The van der Waals surface area contributed by atoms with E-state index in [0.717, 1.165) is 5.56 Å². The third-order valence-corrected chi connectivity index (χ3v) is 6.06. The van der Waals surface area contributed by atoms with Gasteiger partial charge < -0.3 is 9.64 Å². The molecule has 2 aromatic carbocycles. The fraction of sp³-hybridized carbons (Fsp3) is 0.417. The molecule has 2 unspecified atom stereocenters. The van der Waals surface area contributed by atoms with Gasteiger partial charge in [-0.2, -0.15) is 0 Å². The molecule has 7 heteroatoms. The van der Waals surface area contributed by atoms with E-state index in [0.29, 0.717) is 56.9 Å². The van der Waals surface area contributed by atoms with Crippen LogP contribution in [0.25, 0.3) is 0 Å². The molecular formula is C24H28FN3O3. The van der Waals surface area contributed by atoms with Gasteiger partial charge in [-0.25, -0.2) is 9.40 Å². The second-order valence-corrected chi connectivity index (χ2v) is 8.29. The van der Waals surface area contributed by atoms with Gasteiger partial charge >= 0.3 is 0 Å². The van der Waals surface area contributed by atoms with Crippen LogP contribution >= 0.6 is 0 Å². The number of hydrogen-bond acceptors (Lipinski definition) is 4. The minimum atomic E-state index is -0.348. The van der Waals surface area contributed by atoms with E-state index in [1.165, 1.54) is 6.07 Å². The first kappa shape index (κ1) is 21.5. The van der Waals surface area contributed by atoms with Gasteiger partial charge in [0.05, 0.1) is 19.1 Å². The van der Waals surface area contributed by atoms with Gasteiger partial charge in [-0.05, 0) is 42.7 Å². The number of hydrazine groups is 1. The third-order valence-electron chi connectivity index (χ3n) is 6.06. The predicted molar refractivity (Wildman–Crippen MR) is 115 cm³/mol. The van der Waals surface area contributed by atoms with Crippen molar-refractivity contribution < 1.29 is 18.7 Å². The van der Waals surface area contributed by atoms with Crippen molar-refractivity contribution in [3.05, 3.63) is 71.0 Å². The summed E-state index contributed by atoms with van der Waals surface area (Å²) in [6.45, 7) is 5.05. The third kappa shape index (κ3) is 5.11. The zero-order chi connectivity index (χ0) is 21.8. The lowest BCUT2D eigenvalue weighted by molar-refractivity contribution is -0.133. The molecule has 2 aromatic rings. The van der Waals surface area contributed by atoms with Gasteiger partial charge in [-0.15, -0.1) is 0 Å². The molecule has 164 valence electrons. The van der Waals surface area contributed by atoms with Crippen molar-refractivity contribution in [2.24, 2.45) is 5.92 Å². The van der Waals surface area contributed by atoms with Crippen LogP contribution in [0.1, 0.15) is 33.8 Å². The van der Waals surface area contributed by atoms with E-state index in [4.69, 9.17) is 4.74 Å². The number of hydrogen-bond donors (Lipinski definition) is 1. The van der Waals surface area contributed by atoms with Gasteiger partial charge in [0.1, 0.15) is 5.82 Å². The van der Waals surface area contributed by atoms with Crippen LogP contribution in [0.15, 0.2) is 48.5 Å². The quantitative estimate of drug-likeness (QED) is 0.818. The minimum absolute atomic E-state index is 0.0406. The average Bonchev–Trinajstić information content (AvgIpc) is 2.81. The number of halogens is 1. The van der Waals surface area contributed by atoms with Crippen LogP contribution in [0, 0.1) is 18.7 Å². The summed E-state index contributed by atoms with van der Waals surface area (Å²) in [5, 5.41) is 1.88. The van der Waals surface area contributed by atoms with Crippen molar-refractivity contribution >= 4 is 11.8 Å². The summed E-state index contributed by atoms with van der Waals surface area (Å²) < 4.78 is 19.2. The zero-order valence-electron chi connectivity index (χ0n) is 17.7. The molecule has 0 aliphatic carbocycles. The lowest BCUT2D eigenvalue weighted by atomic mass is 9.83.